The Balaban J connectivity index is 2.90. The Morgan fingerprint density at radius 1 is 1.50 bits per heavy atom. The van der Waals surface area contributed by atoms with Gasteiger partial charge in [-0.2, -0.15) is 0 Å². The maximum Gasteiger partial charge on any atom is 0.0591 e. The van der Waals surface area contributed by atoms with Gasteiger partial charge in [0.2, 0.25) is 0 Å². The zero-order chi connectivity index (χ0) is 9.23. The van der Waals surface area contributed by atoms with Crippen molar-refractivity contribution in [1.82, 2.24) is 5.32 Å². The Kier molecular flexibility index (Phi) is 8.88. The number of hydrogen-bond acceptors (Lipinski definition) is 2. The number of halogens is 1. The first-order valence-electron chi connectivity index (χ1n) is 4.00. The van der Waals surface area contributed by atoms with Crippen molar-refractivity contribution in [2.45, 2.75) is 6.42 Å². The molecule has 0 aromatic heterocycles. The van der Waals surface area contributed by atoms with E-state index in [1.54, 1.807) is 0 Å². The summed E-state index contributed by atoms with van der Waals surface area (Å²) in [6, 6.07) is 0. The van der Waals surface area contributed by atoms with Crippen LogP contribution >= 0.6 is 15.9 Å². The smallest absolute Gasteiger partial charge is 0.0591 e. The lowest BCUT2D eigenvalue weighted by atomic mass is 10.4. The van der Waals surface area contributed by atoms with E-state index in [0.717, 1.165) is 37.2 Å². The molecule has 1 N–H and O–H groups in total. The van der Waals surface area contributed by atoms with Gasteiger partial charge < -0.3 is 10.1 Å². The summed E-state index contributed by atoms with van der Waals surface area (Å²) in [5, 5.41) is 3.16. The van der Waals surface area contributed by atoms with Gasteiger partial charge in [-0.3, -0.25) is 0 Å². The minimum absolute atomic E-state index is 0.744. The highest BCUT2D eigenvalue weighted by Gasteiger charge is 1.88. The minimum atomic E-state index is 0.744. The zero-order valence-electron chi connectivity index (χ0n) is 7.31. The van der Waals surface area contributed by atoms with Crippen LogP contribution in [0.1, 0.15) is 6.42 Å². The van der Waals surface area contributed by atoms with Crippen molar-refractivity contribution in [3.63, 3.8) is 0 Å². The van der Waals surface area contributed by atoms with Crippen LogP contribution in [0, 0.1) is 0 Å². The Bertz CT molecular complexity index is 136. The van der Waals surface area contributed by atoms with Gasteiger partial charge >= 0.3 is 0 Å². The van der Waals surface area contributed by atoms with Crippen LogP contribution in [0.2, 0.25) is 0 Å². The molecule has 2 nitrogen and oxygen atoms in total. The summed E-state index contributed by atoms with van der Waals surface area (Å²) < 4.78 is 6.24. The average molecular weight is 234 g/mol. The average Bonchev–Trinajstić information content (AvgIpc) is 2.02. The monoisotopic (exact) mass is 233 g/mol. The van der Waals surface area contributed by atoms with Gasteiger partial charge in [-0.1, -0.05) is 28.6 Å². The summed E-state index contributed by atoms with van der Waals surface area (Å²) in [6.45, 7) is 10.5. The summed E-state index contributed by atoms with van der Waals surface area (Å²) >= 11 is 3.26. The lowest BCUT2D eigenvalue weighted by molar-refractivity contribution is 0.141. The molecule has 0 aliphatic carbocycles. The molecule has 0 saturated carbocycles. The molecule has 0 atom stereocenters. The summed E-state index contributed by atoms with van der Waals surface area (Å²) in [4.78, 5) is 0. The molecule has 0 aromatic rings. The number of hydrogen-bond donors (Lipinski definition) is 1. The van der Waals surface area contributed by atoms with E-state index in [4.69, 9.17) is 4.74 Å². The summed E-state index contributed by atoms with van der Waals surface area (Å²) in [7, 11) is 0. The zero-order valence-corrected chi connectivity index (χ0v) is 8.90. The van der Waals surface area contributed by atoms with Gasteiger partial charge in [-0.15, -0.1) is 6.58 Å². The molecule has 12 heavy (non-hydrogen) atoms. The van der Waals surface area contributed by atoms with Gasteiger partial charge in [-0.05, 0) is 6.42 Å². The van der Waals surface area contributed by atoms with Crippen LogP contribution in [0.15, 0.2) is 23.7 Å². The molecule has 0 heterocycles. The van der Waals surface area contributed by atoms with Gasteiger partial charge in [-0.25, -0.2) is 0 Å². The normalized spacial score (nSPS) is 9.75. The van der Waals surface area contributed by atoms with Crippen LogP contribution in [0.3, 0.4) is 0 Å². The van der Waals surface area contributed by atoms with E-state index in [-0.39, 0.29) is 0 Å². The molecule has 0 amide bonds. The van der Waals surface area contributed by atoms with Crippen LogP contribution in [-0.4, -0.2) is 26.3 Å². The highest BCUT2D eigenvalue weighted by molar-refractivity contribution is 9.11. The lowest BCUT2D eigenvalue weighted by Crippen LogP contribution is -2.20. The fourth-order valence-electron chi connectivity index (χ4n) is 0.637. The predicted molar refractivity (Wildman–Crippen MR) is 56.6 cm³/mol. The van der Waals surface area contributed by atoms with Gasteiger partial charge in [0.25, 0.3) is 0 Å². The fraction of sp³-hybridized carbons (Fsp3) is 0.556. The van der Waals surface area contributed by atoms with Crippen LogP contribution in [-0.2, 0) is 4.74 Å². The standard InChI is InChI=1S/C9H16BrNO/c1-3-4-6-12-7-5-11-8-9(2)10/h3,11H,1-2,4-8H2. The first-order chi connectivity index (χ1) is 5.77. The molecule has 0 saturated heterocycles. The van der Waals surface area contributed by atoms with E-state index in [0.29, 0.717) is 0 Å². The van der Waals surface area contributed by atoms with E-state index < -0.39 is 0 Å². The van der Waals surface area contributed by atoms with Crippen LogP contribution < -0.4 is 5.32 Å². The van der Waals surface area contributed by atoms with E-state index in [2.05, 4.69) is 34.4 Å². The molecule has 0 aliphatic rings. The highest BCUT2D eigenvalue weighted by atomic mass is 79.9. The minimum Gasteiger partial charge on any atom is -0.380 e. The van der Waals surface area contributed by atoms with E-state index >= 15 is 0 Å². The van der Waals surface area contributed by atoms with Crippen molar-refractivity contribution in [3.05, 3.63) is 23.7 Å². The highest BCUT2D eigenvalue weighted by Crippen LogP contribution is 1.95. The van der Waals surface area contributed by atoms with E-state index in [9.17, 15) is 0 Å². The quantitative estimate of drug-likeness (QED) is 0.512. The van der Waals surface area contributed by atoms with Crippen molar-refractivity contribution in [2.24, 2.45) is 0 Å². The second-order valence-electron chi connectivity index (χ2n) is 2.38. The lowest BCUT2D eigenvalue weighted by Gasteiger charge is -2.03. The van der Waals surface area contributed by atoms with Crippen LogP contribution in [0.5, 0.6) is 0 Å². The third-order valence-electron chi connectivity index (χ3n) is 1.21. The third-order valence-corrected chi connectivity index (χ3v) is 1.49. The van der Waals surface area contributed by atoms with Crippen molar-refractivity contribution < 1.29 is 4.74 Å². The molecule has 0 aliphatic heterocycles. The van der Waals surface area contributed by atoms with Crippen molar-refractivity contribution in [1.29, 1.82) is 0 Å². The van der Waals surface area contributed by atoms with Crippen molar-refractivity contribution >= 4 is 15.9 Å². The molecule has 0 spiro atoms. The van der Waals surface area contributed by atoms with Gasteiger partial charge in [0.05, 0.1) is 13.2 Å². The summed E-state index contributed by atoms with van der Waals surface area (Å²) in [5.41, 5.74) is 0. The van der Waals surface area contributed by atoms with E-state index in [1.165, 1.54) is 0 Å². The Morgan fingerprint density at radius 2 is 2.25 bits per heavy atom. The Morgan fingerprint density at radius 3 is 2.83 bits per heavy atom. The second-order valence-corrected chi connectivity index (χ2v) is 3.51. The summed E-state index contributed by atoms with van der Waals surface area (Å²) in [5.74, 6) is 0. The number of ether oxygens (including phenoxy) is 1. The van der Waals surface area contributed by atoms with Gasteiger partial charge in [0.1, 0.15) is 0 Å². The van der Waals surface area contributed by atoms with Crippen LogP contribution in [0.25, 0.3) is 0 Å². The third kappa shape index (κ3) is 9.88. The van der Waals surface area contributed by atoms with Gasteiger partial charge in [0, 0.05) is 17.6 Å². The van der Waals surface area contributed by atoms with Crippen molar-refractivity contribution in [2.75, 3.05) is 26.3 Å². The Hall–Kier alpha value is -0.120. The molecule has 0 bridgehead atoms. The molecular weight excluding hydrogens is 218 g/mol. The van der Waals surface area contributed by atoms with Crippen molar-refractivity contribution in [3.8, 4) is 0 Å². The molecule has 0 unspecified atom stereocenters. The topological polar surface area (TPSA) is 21.3 Å². The molecule has 0 rings (SSSR count). The number of nitrogens with one attached hydrogen (secondary N) is 1. The summed E-state index contributed by atoms with van der Waals surface area (Å²) in [6.07, 6.45) is 2.78. The maximum atomic E-state index is 5.28. The molecular formula is C9H16BrNO. The number of rotatable bonds is 8. The van der Waals surface area contributed by atoms with Crippen LogP contribution in [0.4, 0.5) is 0 Å². The van der Waals surface area contributed by atoms with E-state index in [1.807, 2.05) is 6.08 Å². The first kappa shape index (κ1) is 11.9. The molecule has 3 heteroatoms. The fourth-order valence-corrected chi connectivity index (χ4v) is 0.835. The maximum absolute atomic E-state index is 5.28. The molecule has 70 valence electrons. The largest absolute Gasteiger partial charge is 0.380 e. The first-order valence-corrected chi connectivity index (χ1v) is 4.79. The second kappa shape index (κ2) is 8.97. The molecule has 0 aromatic carbocycles. The molecule has 0 fully saturated rings. The SMILES string of the molecule is C=CCCOCCNCC(=C)Br. The predicted octanol–water partition coefficient (Wildman–Crippen LogP) is 2.08. The molecule has 0 radical (unpaired) electrons. The Labute approximate surface area is 82.8 Å². The van der Waals surface area contributed by atoms with Gasteiger partial charge in [0.15, 0.2) is 0 Å².